The smallest absolute Gasteiger partial charge is 0.235 e. The summed E-state index contributed by atoms with van der Waals surface area (Å²) in [6, 6.07) is 14.4. The van der Waals surface area contributed by atoms with Gasteiger partial charge in [0.05, 0.1) is 27.8 Å². The van der Waals surface area contributed by atoms with Gasteiger partial charge in [-0.25, -0.2) is 9.97 Å². The maximum atomic E-state index is 14.5. The average Bonchev–Trinajstić information content (AvgIpc) is 3.46. The molecule has 2 aliphatic carbocycles. The van der Waals surface area contributed by atoms with E-state index >= 15 is 0 Å². The maximum absolute atomic E-state index is 14.5. The molecule has 2 unspecified atom stereocenters. The zero-order valence-electron chi connectivity index (χ0n) is 21.2. The summed E-state index contributed by atoms with van der Waals surface area (Å²) in [5.74, 6) is 1.63. The van der Waals surface area contributed by atoms with Crippen molar-refractivity contribution in [2.45, 2.75) is 51.0 Å². The molecule has 1 amide bonds. The lowest BCUT2D eigenvalue weighted by Gasteiger charge is -2.44. The Hall–Kier alpha value is -3.19. The van der Waals surface area contributed by atoms with E-state index in [1.165, 1.54) is 5.56 Å². The number of hydrogen-bond donors (Lipinski definition) is 0. The topological polar surface area (TPSA) is 67.8 Å². The van der Waals surface area contributed by atoms with Crippen molar-refractivity contribution in [2.75, 3.05) is 33.0 Å². The number of carbonyl (C=O) groups excluding carboxylic acids is 1. The van der Waals surface area contributed by atoms with Crippen molar-refractivity contribution in [3.8, 4) is 11.5 Å². The van der Waals surface area contributed by atoms with Crippen molar-refractivity contribution >= 4 is 16.9 Å². The maximum Gasteiger partial charge on any atom is 0.235 e. The van der Waals surface area contributed by atoms with Crippen LogP contribution in [0.3, 0.4) is 0 Å². The van der Waals surface area contributed by atoms with Crippen LogP contribution in [0.1, 0.15) is 50.6 Å². The van der Waals surface area contributed by atoms with E-state index in [1.54, 1.807) is 0 Å². The van der Waals surface area contributed by atoms with E-state index < -0.39 is 5.41 Å². The fourth-order valence-electron chi connectivity index (χ4n) is 7.19. The first kappa shape index (κ1) is 22.0. The van der Waals surface area contributed by atoms with Gasteiger partial charge in [-0.15, -0.1) is 0 Å². The lowest BCUT2D eigenvalue weighted by atomic mass is 9.63. The number of aromatic nitrogens is 2. The van der Waals surface area contributed by atoms with Crippen molar-refractivity contribution in [1.29, 1.82) is 0 Å². The van der Waals surface area contributed by atoms with Crippen LogP contribution in [0, 0.1) is 5.41 Å². The average molecular weight is 485 g/mol. The standard InChI is InChI=1S/C29H32N4O3/c1-27(2)28(3)9-10-29(27,25-24(28)30-20-15-22-23(36-18-35-22)16-21(20)31-25)26(34)33-13-11-32(12-14-33)17-19-7-5-4-6-8-19/h4-8,15-16H,9-14,17-18H2,1-3H3. The zero-order valence-corrected chi connectivity index (χ0v) is 21.2. The van der Waals surface area contributed by atoms with Gasteiger partial charge in [0.25, 0.3) is 0 Å². The van der Waals surface area contributed by atoms with E-state index in [0.717, 1.165) is 68.0 Å². The van der Waals surface area contributed by atoms with Crippen LogP contribution in [-0.2, 0) is 22.2 Å². The van der Waals surface area contributed by atoms with Crippen molar-refractivity contribution < 1.29 is 14.3 Å². The van der Waals surface area contributed by atoms with Gasteiger partial charge in [0.15, 0.2) is 11.5 Å². The highest BCUT2D eigenvalue weighted by Crippen LogP contribution is 2.70. The molecule has 3 aromatic rings. The number of amides is 1. The summed E-state index contributed by atoms with van der Waals surface area (Å²) in [7, 11) is 0. The third-order valence-electron chi connectivity index (χ3n) is 9.81. The second-order valence-corrected chi connectivity index (χ2v) is 11.5. The molecule has 4 aliphatic rings. The van der Waals surface area contributed by atoms with Gasteiger partial charge in [-0.2, -0.15) is 0 Å². The van der Waals surface area contributed by atoms with Crippen LogP contribution in [0.25, 0.3) is 11.0 Å². The van der Waals surface area contributed by atoms with E-state index in [9.17, 15) is 4.79 Å². The molecule has 36 heavy (non-hydrogen) atoms. The second kappa shape index (κ2) is 7.42. The Morgan fingerprint density at radius 2 is 1.53 bits per heavy atom. The van der Waals surface area contributed by atoms with Gasteiger partial charge in [-0.05, 0) is 23.8 Å². The van der Waals surface area contributed by atoms with E-state index in [0.29, 0.717) is 11.5 Å². The molecule has 2 fully saturated rings. The normalized spacial score (nSPS) is 28.0. The van der Waals surface area contributed by atoms with Gasteiger partial charge in [-0.3, -0.25) is 9.69 Å². The fraction of sp³-hybridized carbons (Fsp3) is 0.483. The summed E-state index contributed by atoms with van der Waals surface area (Å²) >= 11 is 0. The SMILES string of the molecule is CC12CCC(C(=O)N3CCN(Cc4ccccc4)CC3)(c3nc4cc5c(cc4nc31)OCO5)C2(C)C. The van der Waals surface area contributed by atoms with Gasteiger partial charge >= 0.3 is 0 Å². The van der Waals surface area contributed by atoms with Crippen molar-refractivity contribution in [3.05, 3.63) is 59.4 Å². The predicted octanol–water partition coefficient (Wildman–Crippen LogP) is 4.03. The van der Waals surface area contributed by atoms with Crippen LogP contribution in [-0.4, -0.2) is 58.6 Å². The molecule has 2 aromatic carbocycles. The number of ether oxygens (including phenoxy) is 2. The molecule has 2 bridgehead atoms. The van der Waals surface area contributed by atoms with Crippen molar-refractivity contribution in [2.24, 2.45) is 5.41 Å². The molecule has 2 atom stereocenters. The van der Waals surface area contributed by atoms with E-state index in [2.05, 4.69) is 60.9 Å². The number of piperazine rings is 1. The lowest BCUT2D eigenvalue weighted by molar-refractivity contribution is -0.143. The Kier molecular flexibility index (Phi) is 4.54. The Morgan fingerprint density at radius 1 is 0.889 bits per heavy atom. The Labute approximate surface area is 211 Å². The minimum Gasteiger partial charge on any atom is -0.454 e. The van der Waals surface area contributed by atoms with Crippen molar-refractivity contribution in [3.63, 3.8) is 0 Å². The molecule has 7 heteroatoms. The van der Waals surface area contributed by atoms with E-state index in [1.807, 2.05) is 12.1 Å². The van der Waals surface area contributed by atoms with Crippen LogP contribution in [0.2, 0.25) is 0 Å². The largest absolute Gasteiger partial charge is 0.454 e. The van der Waals surface area contributed by atoms with Gasteiger partial charge < -0.3 is 14.4 Å². The van der Waals surface area contributed by atoms with Gasteiger partial charge in [0, 0.05) is 50.3 Å². The number of nitrogens with zero attached hydrogens (tertiary/aromatic N) is 4. The van der Waals surface area contributed by atoms with Crippen LogP contribution in [0.5, 0.6) is 11.5 Å². The summed E-state index contributed by atoms with van der Waals surface area (Å²) in [6.45, 7) is 11.2. The van der Waals surface area contributed by atoms with Crippen LogP contribution >= 0.6 is 0 Å². The number of carbonyl (C=O) groups is 1. The quantitative estimate of drug-likeness (QED) is 0.559. The highest BCUT2D eigenvalue weighted by atomic mass is 16.7. The molecule has 0 N–H and O–H groups in total. The summed E-state index contributed by atoms with van der Waals surface area (Å²) in [5, 5.41) is 0. The number of hydrogen-bond acceptors (Lipinski definition) is 6. The first-order chi connectivity index (χ1) is 17.3. The lowest BCUT2D eigenvalue weighted by Crippen LogP contribution is -2.57. The molecule has 1 saturated carbocycles. The number of fused-ring (bicyclic) bond motifs is 7. The summed E-state index contributed by atoms with van der Waals surface area (Å²) in [4.78, 5) is 29.3. The molecule has 3 heterocycles. The van der Waals surface area contributed by atoms with Crippen LogP contribution in [0.15, 0.2) is 42.5 Å². The molecule has 186 valence electrons. The Bertz CT molecular complexity index is 1380. The Balaban J connectivity index is 1.23. The first-order valence-corrected chi connectivity index (χ1v) is 13.0. The van der Waals surface area contributed by atoms with E-state index in [4.69, 9.17) is 19.4 Å². The highest BCUT2D eigenvalue weighted by Gasteiger charge is 2.73. The van der Waals surface area contributed by atoms with E-state index in [-0.39, 0.29) is 23.5 Å². The van der Waals surface area contributed by atoms with Crippen molar-refractivity contribution in [1.82, 2.24) is 19.8 Å². The molecule has 2 aliphatic heterocycles. The third-order valence-corrected chi connectivity index (χ3v) is 9.81. The zero-order chi connectivity index (χ0) is 24.7. The molecule has 0 radical (unpaired) electrons. The van der Waals surface area contributed by atoms with Gasteiger partial charge in [-0.1, -0.05) is 51.1 Å². The molecule has 0 spiro atoms. The second-order valence-electron chi connectivity index (χ2n) is 11.5. The highest BCUT2D eigenvalue weighted by molar-refractivity contribution is 5.93. The van der Waals surface area contributed by atoms with Gasteiger partial charge in [0.1, 0.15) is 0 Å². The predicted molar refractivity (Wildman–Crippen MR) is 136 cm³/mol. The molecule has 7 nitrogen and oxygen atoms in total. The molecular weight excluding hydrogens is 452 g/mol. The van der Waals surface area contributed by atoms with Crippen LogP contribution in [0.4, 0.5) is 0 Å². The Morgan fingerprint density at radius 3 is 2.19 bits per heavy atom. The summed E-state index contributed by atoms with van der Waals surface area (Å²) in [6.07, 6.45) is 1.76. The molecule has 1 aromatic heterocycles. The minimum absolute atomic E-state index is 0.204. The number of rotatable bonds is 3. The van der Waals surface area contributed by atoms with Crippen LogP contribution < -0.4 is 9.47 Å². The summed E-state index contributed by atoms with van der Waals surface area (Å²) in [5.41, 5.74) is 3.61. The van der Waals surface area contributed by atoms with Gasteiger partial charge in [0.2, 0.25) is 12.7 Å². The monoisotopic (exact) mass is 484 g/mol. The molecular formula is C29H32N4O3. The molecule has 1 saturated heterocycles. The third kappa shape index (κ3) is 2.75. The molecule has 7 rings (SSSR count). The fourth-order valence-corrected chi connectivity index (χ4v) is 7.19. The summed E-state index contributed by atoms with van der Waals surface area (Å²) < 4.78 is 11.2. The minimum atomic E-state index is -0.657. The number of benzene rings is 2. The first-order valence-electron chi connectivity index (χ1n) is 13.0.